The predicted molar refractivity (Wildman–Crippen MR) is 108 cm³/mol. The van der Waals surface area contributed by atoms with Crippen molar-refractivity contribution in [3.8, 4) is 0 Å². The Kier molecular flexibility index (Phi) is 5.03. The molecule has 0 saturated carbocycles. The molecular formula is C19H18N2O4S2. The number of carbonyl (C=O) groups is 2. The highest BCUT2D eigenvalue weighted by Gasteiger charge is 2.34. The molecule has 2 saturated heterocycles. The minimum Gasteiger partial charge on any atom is -0.480 e. The van der Waals surface area contributed by atoms with Crippen LogP contribution in [0.25, 0.3) is 17.0 Å². The summed E-state index contributed by atoms with van der Waals surface area (Å²) in [5, 5.41) is 10.0. The first-order valence-corrected chi connectivity index (χ1v) is 9.92. The lowest BCUT2D eigenvalue weighted by molar-refractivity contribution is -0.137. The molecule has 2 fully saturated rings. The van der Waals surface area contributed by atoms with Gasteiger partial charge in [0.05, 0.1) is 17.6 Å². The molecule has 4 rings (SSSR count). The summed E-state index contributed by atoms with van der Waals surface area (Å²) < 4.78 is 7.84. The highest BCUT2D eigenvalue weighted by Crippen LogP contribution is 2.35. The number of aromatic nitrogens is 1. The topological polar surface area (TPSA) is 71.8 Å². The average molecular weight is 402 g/mol. The summed E-state index contributed by atoms with van der Waals surface area (Å²) in [6.07, 6.45) is 5.57. The number of nitrogens with zero attached hydrogens (tertiary/aromatic N) is 2. The van der Waals surface area contributed by atoms with E-state index in [1.807, 2.05) is 24.3 Å². The zero-order valence-corrected chi connectivity index (χ0v) is 16.1. The van der Waals surface area contributed by atoms with Gasteiger partial charge in [0.1, 0.15) is 10.9 Å². The number of benzene rings is 1. The number of thioether (sulfide) groups is 1. The van der Waals surface area contributed by atoms with Crippen molar-refractivity contribution in [2.45, 2.75) is 25.5 Å². The summed E-state index contributed by atoms with van der Waals surface area (Å²) in [7, 11) is 0. The molecule has 8 heteroatoms. The summed E-state index contributed by atoms with van der Waals surface area (Å²) in [6.45, 7) is 1.09. The van der Waals surface area contributed by atoms with E-state index in [0.29, 0.717) is 15.8 Å². The Bertz CT molecular complexity index is 960. The van der Waals surface area contributed by atoms with Crippen LogP contribution in [0.2, 0.25) is 0 Å². The predicted octanol–water partition coefficient (Wildman–Crippen LogP) is 3.11. The molecule has 2 aliphatic heterocycles. The smallest absolute Gasteiger partial charge is 0.323 e. The quantitative estimate of drug-likeness (QED) is 0.612. The molecular weight excluding hydrogens is 384 g/mol. The molecule has 1 unspecified atom stereocenters. The summed E-state index contributed by atoms with van der Waals surface area (Å²) >= 11 is 6.67. The second-order valence-corrected chi connectivity index (χ2v) is 8.23. The van der Waals surface area contributed by atoms with Crippen molar-refractivity contribution in [2.24, 2.45) is 0 Å². The van der Waals surface area contributed by atoms with Crippen LogP contribution in [0.15, 0.2) is 35.4 Å². The van der Waals surface area contributed by atoms with Gasteiger partial charge in [-0.15, -0.1) is 0 Å². The van der Waals surface area contributed by atoms with Crippen LogP contribution < -0.4 is 0 Å². The van der Waals surface area contributed by atoms with Crippen molar-refractivity contribution < 1.29 is 19.4 Å². The Morgan fingerprint density at radius 3 is 2.96 bits per heavy atom. The standard InChI is InChI=1S/C19H18N2O4S2/c22-17(23)11-20-9-12(14-5-1-2-6-15(14)20)8-16-18(24)21(19(26)27-16)10-13-4-3-7-25-13/h1-2,5-6,8-9,13H,3-4,7,10-11H2,(H,22,23)/b16-8+. The number of hydrogen-bond acceptors (Lipinski definition) is 5. The number of carboxylic acid groups (broad SMARTS) is 1. The van der Waals surface area contributed by atoms with E-state index in [1.54, 1.807) is 21.7 Å². The summed E-state index contributed by atoms with van der Waals surface area (Å²) in [5.74, 6) is -1.03. The van der Waals surface area contributed by atoms with Crippen molar-refractivity contribution in [3.63, 3.8) is 0 Å². The molecule has 27 heavy (non-hydrogen) atoms. The van der Waals surface area contributed by atoms with Crippen LogP contribution in [-0.2, 0) is 20.9 Å². The third kappa shape index (κ3) is 3.65. The first kappa shape index (κ1) is 18.2. The average Bonchev–Trinajstić information content (AvgIpc) is 3.32. The van der Waals surface area contributed by atoms with Gasteiger partial charge in [0.25, 0.3) is 5.91 Å². The SMILES string of the molecule is O=C(O)Cn1cc(/C=C2/SC(=S)N(CC3CCCO3)C2=O)c2ccccc21. The van der Waals surface area contributed by atoms with E-state index in [0.717, 1.165) is 35.9 Å². The fourth-order valence-electron chi connectivity index (χ4n) is 3.46. The van der Waals surface area contributed by atoms with E-state index in [4.69, 9.17) is 22.1 Å². The highest BCUT2D eigenvalue weighted by atomic mass is 32.2. The van der Waals surface area contributed by atoms with Crippen LogP contribution >= 0.6 is 24.0 Å². The minimum absolute atomic E-state index is 0.0457. The number of aliphatic carboxylic acids is 1. The van der Waals surface area contributed by atoms with Gasteiger partial charge in [-0.05, 0) is 25.0 Å². The maximum atomic E-state index is 12.8. The number of fused-ring (bicyclic) bond motifs is 1. The number of thiocarbonyl (C=S) groups is 1. The molecule has 0 radical (unpaired) electrons. The summed E-state index contributed by atoms with van der Waals surface area (Å²) in [4.78, 5) is 26.1. The number of para-hydroxylation sites is 1. The van der Waals surface area contributed by atoms with Gasteiger partial charge in [-0.3, -0.25) is 14.5 Å². The van der Waals surface area contributed by atoms with Gasteiger partial charge in [-0.25, -0.2) is 0 Å². The van der Waals surface area contributed by atoms with Crippen molar-refractivity contribution >= 4 is 57.2 Å². The lowest BCUT2D eigenvalue weighted by atomic mass is 10.1. The Balaban J connectivity index is 1.64. The van der Waals surface area contributed by atoms with E-state index in [-0.39, 0.29) is 18.6 Å². The van der Waals surface area contributed by atoms with Gasteiger partial charge in [-0.1, -0.05) is 42.2 Å². The molecule has 1 N–H and O–H groups in total. The van der Waals surface area contributed by atoms with Crippen molar-refractivity contribution in [3.05, 3.63) is 40.9 Å². The molecule has 1 aromatic heterocycles. The molecule has 0 aliphatic carbocycles. The maximum absolute atomic E-state index is 12.8. The fourth-order valence-corrected chi connectivity index (χ4v) is 4.72. The molecule has 1 atom stereocenters. The number of carbonyl (C=O) groups excluding carboxylic acids is 1. The normalized spacial score (nSPS) is 21.7. The number of amides is 1. The van der Waals surface area contributed by atoms with Crippen LogP contribution in [0.1, 0.15) is 18.4 Å². The minimum atomic E-state index is -0.912. The third-order valence-electron chi connectivity index (χ3n) is 4.70. The van der Waals surface area contributed by atoms with Crippen LogP contribution in [0.4, 0.5) is 0 Å². The van der Waals surface area contributed by atoms with Crippen LogP contribution in [0, 0.1) is 0 Å². The Hall–Kier alpha value is -2.16. The van der Waals surface area contributed by atoms with Gasteiger partial charge in [-0.2, -0.15) is 0 Å². The Labute approximate surface area is 165 Å². The lowest BCUT2D eigenvalue weighted by Gasteiger charge is -2.18. The van der Waals surface area contributed by atoms with Crippen LogP contribution in [-0.4, -0.2) is 50.0 Å². The zero-order valence-electron chi connectivity index (χ0n) is 14.5. The molecule has 1 amide bonds. The number of hydrogen-bond donors (Lipinski definition) is 1. The molecule has 3 heterocycles. The largest absolute Gasteiger partial charge is 0.480 e. The molecule has 6 nitrogen and oxygen atoms in total. The third-order valence-corrected chi connectivity index (χ3v) is 6.07. The molecule has 0 spiro atoms. The van der Waals surface area contributed by atoms with E-state index in [1.165, 1.54) is 11.8 Å². The first-order chi connectivity index (χ1) is 13.0. The van der Waals surface area contributed by atoms with Gasteiger partial charge >= 0.3 is 5.97 Å². The van der Waals surface area contributed by atoms with E-state index in [9.17, 15) is 9.59 Å². The molecule has 140 valence electrons. The number of ether oxygens (including phenoxy) is 1. The van der Waals surface area contributed by atoms with Gasteiger partial charge < -0.3 is 14.4 Å². The van der Waals surface area contributed by atoms with E-state index < -0.39 is 5.97 Å². The molecule has 1 aromatic carbocycles. The van der Waals surface area contributed by atoms with Gasteiger partial charge in [0, 0.05) is 29.3 Å². The van der Waals surface area contributed by atoms with E-state index >= 15 is 0 Å². The molecule has 0 bridgehead atoms. The molecule has 2 aromatic rings. The Morgan fingerprint density at radius 1 is 1.41 bits per heavy atom. The zero-order chi connectivity index (χ0) is 19.0. The highest BCUT2D eigenvalue weighted by molar-refractivity contribution is 8.26. The number of rotatable bonds is 5. The van der Waals surface area contributed by atoms with Gasteiger partial charge in [0.15, 0.2) is 0 Å². The van der Waals surface area contributed by atoms with Crippen LogP contribution in [0.3, 0.4) is 0 Å². The first-order valence-electron chi connectivity index (χ1n) is 8.69. The Morgan fingerprint density at radius 2 is 2.22 bits per heavy atom. The summed E-state index contributed by atoms with van der Waals surface area (Å²) in [6, 6.07) is 7.56. The second kappa shape index (κ2) is 7.46. The van der Waals surface area contributed by atoms with Crippen molar-refractivity contribution in [1.29, 1.82) is 0 Å². The summed E-state index contributed by atoms with van der Waals surface area (Å²) in [5.41, 5.74) is 1.63. The van der Waals surface area contributed by atoms with Gasteiger partial charge in [0.2, 0.25) is 0 Å². The lowest BCUT2D eigenvalue weighted by Crippen LogP contribution is -2.35. The second-order valence-electron chi connectivity index (χ2n) is 6.55. The molecule has 2 aliphatic rings. The van der Waals surface area contributed by atoms with Crippen LogP contribution in [0.5, 0.6) is 0 Å². The van der Waals surface area contributed by atoms with Crippen molar-refractivity contribution in [1.82, 2.24) is 9.47 Å². The number of carboxylic acids is 1. The van der Waals surface area contributed by atoms with Crippen molar-refractivity contribution in [2.75, 3.05) is 13.2 Å². The van der Waals surface area contributed by atoms with E-state index in [2.05, 4.69) is 0 Å². The fraction of sp³-hybridized carbons (Fsp3) is 0.316. The maximum Gasteiger partial charge on any atom is 0.323 e. The monoisotopic (exact) mass is 402 g/mol.